The summed E-state index contributed by atoms with van der Waals surface area (Å²) in [5, 5.41) is 3.31. The number of hydrogen-bond donors (Lipinski definition) is 1. The minimum absolute atomic E-state index is 0.192. The molecule has 1 nitrogen and oxygen atoms in total. The number of hydrogen-bond acceptors (Lipinski definition) is 1. The molecule has 0 aromatic carbocycles. The lowest BCUT2D eigenvalue weighted by molar-refractivity contribution is 0.0139. The summed E-state index contributed by atoms with van der Waals surface area (Å²) in [4.78, 5) is 0. The molecule has 1 aliphatic heterocycles. The fourth-order valence-corrected chi connectivity index (χ4v) is 2.49. The third-order valence-electron chi connectivity index (χ3n) is 3.99. The van der Waals surface area contributed by atoms with Crippen LogP contribution < -0.4 is 5.32 Å². The average Bonchev–Trinajstić information content (AvgIpc) is 2.15. The maximum atomic E-state index is 14.6. The van der Waals surface area contributed by atoms with Crippen LogP contribution in [-0.2, 0) is 0 Å². The Morgan fingerprint density at radius 1 is 1.50 bits per heavy atom. The molecular formula is C12H24FN. The van der Waals surface area contributed by atoms with Crippen molar-refractivity contribution in [1.29, 1.82) is 0 Å². The molecule has 1 N–H and O–H groups in total. The van der Waals surface area contributed by atoms with Crippen LogP contribution in [0.4, 0.5) is 4.39 Å². The van der Waals surface area contributed by atoms with Crippen molar-refractivity contribution in [3.05, 3.63) is 0 Å². The van der Waals surface area contributed by atoms with Crippen LogP contribution in [0.15, 0.2) is 0 Å². The Morgan fingerprint density at radius 2 is 2.14 bits per heavy atom. The molecule has 0 saturated carbocycles. The number of halogens is 1. The van der Waals surface area contributed by atoms with Crippen LogP contribution in [0.2, 0.25) is 0 Å². The number of rotatable bonds is 3. The Morgan fingerprint density at radius 3 is 2.64 bits per heavy atom. The first kappa shape index (κ1) is 12.0. The second-order valence-corrected chi connectivity index (χ2v) is 5.02. The molecule has 0 bridgehead atoms. The van der Waals surface area contributed by atoms with E-state index in [4.69, 9.17) is 0 Å². The van der Waals surface area contributed by atoms with Gasteiger partial charge in [-0.05, 0) is 38.1 Å². The van der Waals surface area contributed by atoms with Gasteiger partial charge in [0.25, 0.3) is 0 Å². The third kappa shape index (κ3) is 2.47. The van der Waals surface area contributed by atoms with E-state index < -0.39 is 5.67 Å². The quantitative estimate of drug-likeness (QED) is 0.739. The summed E-state index contributed by atoms with van der Waals surface area (Å²) in [7, 11) is 0. The van der Waals surface area contributed by atoms with Crippen molar-refractivity contribution in [2.75, 3.05) is 6.54 Å². The molecule has 0 spiro atoms. The maximum absolute atomic E-state index is 14.6. The zero-order chi connectivity index (χ0) is 10.8. The van der Waals surface area contributed by atoms with Crippen molar-refractivity contribution >= 4 is 0 Å². The Hall–Kier alpha value is -0.110. The molecular weight excluding hydrogens is 177 g/mol. The molecule has 1 heterocycles. The van der Waals surface area contributed by atoms with E-state index in [1.165, 1.54) is 0 Å². The van der Waals surface area contributed by atoms with E-state index in [0.717, 1.165) is 13.0 Å². The van der Waals surface area contributed by atoms with Gasteiger partial charge in [0.05, 0.1) is 0 Å². The smallest absolute Gasteiger partial charge is 0.116 e. The zero-order valence-corrected chi connectivity index (χ0v) is 9.94. The van der Waals surface area contributed by atoms with Gasteiger partial charge in [0.2, 0.25) is 0 Å². The van der Waals surface area contributed by atoms with E-state index in [1.807, 2.05) is 0 Å². The SMILES string of the molecule is CCC(C)C(C)C1(F)CCNC(C)C1. The molecule has 1 aliphatic rings. The normalized spacial score (nSPS) is 37.9. The van der Waals surface area contributed by atoms with E-state index >= 15 is 0 Å². The molecule has 0 radical (unpaired) electrons. The maximum Gasteiger partial charge on any atom is 0.116 e. The van der Waals surface area contributed by atoms with Gasteiger partial charge in [0.15, 0.2) is 0 Å². The lowest BCUT2D eigenvalue weighted by Gasteiger charge is -2.40. The molecule has 0 aromatic rings. The molecule has 4 unspecified atom stereocenters. The highest BCUT2D eigenvalue weighted by Crippen LogP contribution is 2.38. The van der Waals surface area contributed by atoms with Gasteiger partial charge < -0.3 is 5.32 Å². The topological polar surface area (TPSA) is 12.0 Å². The van der Waals surface area contributed by atoms with Gasteiger partial charge in [-0.15, -0.1) is 0 Å². The van der Waals surface area contributed by atoms with E-state index in [9.17, 15) is 4.39 Å². The molecule has 1 fully saturated rings. The lowest BCUT2D eigenvalue weighted by Crippen LogP contribution is -2.48. The summed E-state index contributed by atoms with van der Waals surface area (Å²) in [6.45, 7) is 9.30. The average molecular weight is 201 g/mol. The summed E-state index contributed by atoms with van der Waals surface area (Å²) >= 11 is 0. The van der Waals surface area contributed by atoms with Gasteiger partial charge in [0, 0.05) is 6.04 Å². The van der Waals surface area contributed by atoms with Crippen molar-refractivity contribution in [1.82, 2.24) is 5.32 Å². The second kappa shape index (κ2) is 4.61. The van der Waals surface area contributed by atoms with Gasteiger partial charge >= 0.3 is 0 Å². The largest absolute Gasteiger partial charge is 0.314 e. The van der Waals surface area contributed by atoms with Gasteiger partial charge in [0.1, 0.15) is 5.67 Å². The van der Waals surface area contributed by atoms with Crippen LogP contribution in [0.25, 0.3) is 0 Å². The van der Waals surface area contributed by atoms with Crippen molar-refractivity contribution in [3.8, 4) is 0 Å². The standard InChI is InChI=1S/C12H24FN/c1-5-9(2)11(4)12(13)6-7-14-10(3)8-12/h9-11,14H,5-8H2,1-4H3. The van der Waals surface area contributed by atoms with Crippen LogP contribution in [0.5, 0.6) is 0 Å². The van der Waals surface area contributed by atoms with E-state index in [0.29, 0.717) is 24.8 Å². The van der Waals surface area contributed by atoms with Gasteiger partial charge in [-0.25, -0.2) is 4.39 Å². The summed E-state index contributed by atoms with van der Waals surface area (Å²) in [5.74, 6) is 0.683. The highest BCUT2D eigenvalue weighted by molar-refractivity contribution is 4.93. The highest BCUT2D eigenvalue weighted by atomic mass is 19.1. The summed E-state index contributed by atoms with van der Waals surface area (Å²) in [6, 6.07) is 0.334. The third-order valence-corrected chi connectivity index (χ3v) is 3.99. The first-order chi connectivity index (χ1) is 6.49. The Kier molecular flexibility index (Phi) is 3.94. The van der Waals surface area contributed by atoms with Crippen molar-refractivity contribution < 1.29 is 4.39 Å². The molecule has 84 valence electrons. The minimum Gasteiger partial charge on any atom is -0.314 e. The monoisotopic (exact) mass is 201 g/mol. The van der Waals surface area contributed by atoms with E-state index in [2.05, 4.69) is 33.0 Å². The van der Waals surface area contributed by atoms with Crippen LogP contribution in [0.1, 0.15) is 47.0 Å². The molecule has 1 saturated heterocycles. The highest BCUT2D eigenvalue weighted by Gasteiger charge is 2.41. The van der Waals surface area contributed by atoms with Crippen molar-refractivity contribution in [3.63, 3.8) is 0 Å². The molecule has 2 heteroatoms. The summed E-state index contributed by atoms with van der Waals surface area (Å²) in [5.41, 5.74) is -0.930. The predicted molar refractivity (Wildman–Crippen MR) is 59.2 cm³/mol. The zero-order valence-electron chi connectivity index (χ0n) is 9.94. The Bertz CT molecular complexity index is 183. The second-order valence-electron chi connectivity index (χ2n) is 5.02. The molecule has 0 amide bonds. The number of nitrogens with one attached hydrogen (secondary N) is 1. The first-order valence-corrected chi connectivity index (χ1v) is 5.92. The van der Waals surface area contributed by atoms with Gasteiger partial charge in [-0.2, -0.15) is 0 Å². The molecule has 0 aromatic heterocycles. The molecule has 1 rings (SSSR count). The van der Waals surface area contributed by atoms with Crippen LogP contribution >= 0.6 is 0 Å². The van der Waals surface area contributed by atoms with Crippen LogP contribution in [0, 0.1) is 11.8 Å². The summed E-state index contributed by atoms with van der Waals surface area (Å²) in [6.07, 6.45) is 2.44. The van der Waals surface area contributed by atoms with E-state index in [1.54, 1.807) is 0 Å². The summed E-state index contributed by atoms with van der Waals surface area (Å²) < 4.78 is 14.6. The fourth-order valence-electron chi connectivity index (χ4n) is 2.49. The van der Waals surface area contributed by atoms with Crippen molar-refractivity contribution in [2.45, 2.75) is 58.7 Å². The van der Waals surface area contributed by atoms with Gasteiger partial charge in [-0.3, -0.25) is 0 Å². The Labute approximate surface area is 87.5 Å². The van der Waals surface area contributed by atoms with Gasteiger partial charge in [-0.1, -0.05) is 27.2 Å². The Balaban J connectivity index is 2.62. The van der Waals surface area contributed by atoms with Crippen LogP contribution in [0.3, 0.4) is 0 Å². The molecule has 0 aliphatic carbocycles. The van der Waals surface area contributed by atoms with E-state index in [-0.39, 0.29) is 5.92 Å². The minimum atomic E-state index is -0.930. The first-order valence-electron chi connectivity index (χ1n) is 5.92. The fraction of sp³-hybridized carbons (Fsp3) is 1.00. The van der Waals surface area contributed by atoms with Crippen LogP contribution in [-0.4, -0.2) is 18.3 Å². The number of alkyl halides is 1. The lowest BCUT2D eigenvalue weighted by atomic mass is 9.74. The number of piperidine rings is 1. The molecule has 14 heavy (non-hydrogen) atoms. The molecule has 4 atom stereocenters. The predicted octanol–water partition coefficient (Wildman–Crippen LogP) is 3.15. The van der Waals surface area contributed by atoms with Crippen molar-refractivity contribution in [2.24, 2.45) is 11.8 Å².